The number of amides is 1. The lowest BCUT2D eigenvalue weighted by atomic mass is 10.0. The van der Waals surface area contributed by atoms with Crippen molar-refractivity contribution in [3.8, 4) is 29.0 Å². The summed E-state index contributed by atoms with van der Waals surface area (Å²) >= 11 is 0. The Hall–Kier alpha value is -4.39. The summed E-state index contributed by atoms with van der Waals surface area (Å²) in [6.07, 6.45) is 2.48. The molecular formula is C28H31N5O5. The number of hydrogen-bond acceptors (Lipinski definition) is 8. The highest BCUT2D eigenvalue weighted by Crippen LogP contribution is 2.32. The van der Waals surface area contributed by atoms with Crippen LogP contribution in [0.4, 0.5) is 4.79 Å². The predicted octanol–water partition coefficient (Wildman–Crippen LogP) is 5.36. The minimum Gasteiger partial charge on any atom is -0.461 e. The molecule has 1 aliphatic heterocycles. The molecule has 1 saturated heterocycles. The Balaban J connectivity index is 1.67. The molecule has 3 aromatic rings. The molecule has 0 aliphatic carbocycles. The number of likely N-dealkylation sites (tertiary alicyclic amines) is 1. The van der Waals surface area contributed by atoms with Crippen LogP contribution in [-0.4, -0.2) is 57.0 Å². The van der Waals surface area contributed by atoms with E-state index in [1.807, 2.05) is 51.1 Å². The van der Waals surface area contributed by atoms with Crippen molar-refractivity contribution in [1.29, 1.82) is 5.26 Å². The van der Waals surface area contributed by atoms with Crippen LogP contribution in [0.2, 0.25) is 0 Å². The fraction of sp³-hybridized carbons (Fsp3) is 0.393. The Kier molecular flexibility index (Phi) is 7.96. The second kappa shape index (κ2) is 11.3. The Morgan fingerprint density at radius 1 is 1.16 bits per heavy atom. The van der Waals surface area contributed by atoms with E-state index in [1.165, 1.54) is 4.68 Å². The van der Waals surface area contributed by atoms with Crippen molar-refractivity contribution in [1.82, 2.24) is 19.7 Å². The Labute approximate surface area is 221 Å². The highest BCUT2D eigenvalue weighted by atomic mass is 16.6. The van der Waals surface area contributed by atoms with E-state index in [0.29, 0.717) is 42.3 Å². The summed E-state index contributed by atoms with van der Waals surface area (Å²) in [4.78, 5) is 31.7. The molecule has 0 N–H and O–H groups in total. The number of nitrogens with zero attached hydrogens (tertiary/aromatic N) is 5. The van der Waals surface area contributed by atoms with Crippen LogP contribution < -0.4 is 4.74 Å². The van der Waals surface area contributed by atoms with Gasteiger partial charge in [0.1, 0.15) is 28.7 Å². The SMILES string of the molecule is CCOC(=O)c1c(C#N)c(-c2ccc(Oc3ccccc3)nc2)nn1C1CCCN(C(=O)OC(C)(C)C)C1. The van der Waals surface area contributed by atoms with Gasteiger partial charge in [-0.25, -0.2) is 14.6 Å². The van der Waals surface area contributed by atoms with E-state index in [0.717, 1.165) is 0 Å². The molecule has 10 heteroatoms. The molecule has 1 aromatic carbocycles. The van der Waals surface area contributed by atoms with E-state index < -0.39 is 17.7 Å². The molecule has 1 amide bonds. The molecule has 10 nitrogen and oxygen atoms in total. The number of carbonyl (C=O) groups excluding carboxylic acids is 2. The maximum absolute atomic E-state index is 13.0. The monoisotopic (exact) mass is 517 g/mol. The van der Waals surface area contributed by atoms with E-state index in [1.54, 1.807) is 30.2 Å². The zero-order valence-corrected chi connectivity index (χ0v) is 22.0. The van der Waals surface area contributed by atoms with Gasteiger partial charge in [-0.2, -0.15) is 10.4 Å². The van der Waals surface area contributed by atoms with Gasteiger partial charge in [0.05, 0.1) is 12.6 Å². The average molecular weight is 518 g/mol. The lowest BCUT2D eigenvalue weighted by molar-refractivity contribution is 0.0165. The van der Waals surface area contributed by atoms with E-state index >= 15 is 0 Å². The fourth-order valence-electron chi connectivity index (χ4n) is 4.24. The molecule has 0 spiro atoms. The predicted molar refractivity (Wildman–Crippen MR) is 139 cm³/mol. The van der Waals surface area contributed by atoms with E-state index in [-0.39, 0.29) is 30.5 Å². The normalized spacial score (nSPS) is 15.4. The fourth-order valence-corrected chi connectivity index (χ4v) is 4.24. The van der Waals surface area contributed by atoms with Crippen molar-refractivity contribution >= 4 is 12.1 Å². The third-order valence-corrected chi connectivity index (χ3v) is 5.86. The number of para-hydroxylation sites is 1. The standard InChI is InChI=1S/C28H31N5O5/c1-5-36-26(34)25-22(16-29)24(19-13-14-23(30-17-19)37-21-11-7-6-8-12-21)31-33(25)20-10-9-15-32(18-20)27(35)38-28(2,3)4/h6-8,11-14,17,20H,5,9-10,15,18H2,1-4H3. The van der Waals surface area contributed by atoms with Crippen molar-refractivity contribution < 1.29 is 23.8 Å². The molecule has 1 fully saturated rings. The van der Waals surface area contributed by atoms with Crippen LogP contribution in [-0.2, 0) is 9.47 Å². The highest BCUT2D eigenvalue weighted by Gasteiger charge is 2.34. The van der Waals surface area contributed by atoms with Gasteiger partial charge >= 0.3 is 12.1 Å². The number of hydrogen-bond donors (Lipinski definition) is 0. The van der Waals surface area contributed by atoms with Crippen molar-refractivity contribution in [2.45, 2.75) is 52.2 Å². The zero-order chi connectivity index (χ0) is 27.3. The number of piperidine rings is 1. The number of aromatic nitrogens is 3. The molecule has 1 aliphatic rings. The summed E-state index contributed by atoms with van der Waals surface area (Å²) in [7, 11) is 0. The van der Waals surface area contributed by atoms with Gasteiger partial charge in [-0.05, 0) is 58.7 Å². The van der Waals surface area contributed by atoms with Crippen molar-refractivity contribution in [2.24, 2.45) is 0 Å². The minimum absolute atomic E-state index is 0.0602. The topological polar surface area (TPSA) is 120 Å². The molecule has 1 atom stereocenters. The number of ether oxygens (including phenoxy) is 3. The van der Waals surface area contributed by atoms with Gasteiger partial charge in [-0.15, -0.1) is 0 Å². The first kappa shape index (κ1) is 26.7. The molecular weight excluding hydrogens is 486 g/mol. The van der Waals surface area contributed by atoms with E-state index in [4.69, 9.17) is 19.3 Å². The smallest absolute Gasteiger partial charge is 0.410 e. The van der Waals surface area contributed by atoms with E-state index in [9.17, 15) is 14.9 Å². The summed E-state index contributed by atoms with van der Waals surface area (Å²) in [5, 5.41) is 14.8. The van der Waals surface area contributed by atoms with Crippen LogP contribution in [0.15, 0.2) is 48.7 Å². The third kappa shape index (κ3) is 6.11. The van der Waals surface area contributed by atoms with Crippen LogP contribution in [0.3, 0.4) is 0 Å². The Bertz CT molecular complexity index is 1320. The largest absolute Gasteiger partial charge is 0.461 e. The number of carbonyl (C=O) groups is 2. The van der Waals surface area contributed by atoms with Gasteiger partial charge in [0.25, 0.3) is 0 Å². The van der Waals surface area contributed by atoms with Crippen molar-refractivity contribution in [3.05, 3.63) is 59.9 Å². The molecule has 3 heterocycles. The molecule has 0 radical (unpaired) electrons. The maximum Gasteiger partial charge on any atom is 0.410 e. The summed E-state index contributed by atoms with van der Waals surface area (Å²) in [5.41, 5.74) is 0.382. The van der Waals surface area contributed by atoms with Crippen LogP contribution in [0.1, 0.15) is 62.6 Å². The Morgan fingerprint density at radius 3 is 2.55 bits per heavy atom. The van der Waals surface area contributed by atoms with Gasteiger partial charge in [0, 0.05) is 30.9 Å². The Morgan fingerprint density at radius 2 is 1.92 bits per heavy atom. The van der Waals surface area contributed by atoms with Crippen molar-refractivity contribution in [2.75, 3.05) is 19.7 Å². The molecule has 0 saturated carbocycles. The summed E-state index contributed by atoms with van der Waals surface area (Å²) in [6.45, 7) is 8.11. The van der Waals surface area contributed by atoms with Crippen LogP contribution in [0.5, 0.6) is 11.6 Å². The van der Waals surface area contributed by atoms with Gasteiger partial charge in [0.15, 0.2) is 5.69 Å². The minimum atomic E-state index is -0.644. The maximum atomic E-state index is 13.0. The van der Waals surface area contributed by atoms with Gasteiger partial charge in [-0.3, -0.25) is 4.68 Å². The molecule has 198 valence electrons. The summed E-state index contributed by atoms with van der Waals surface area (Å²) in [5.74, 6) is 0.379. The molecule has 1 unspecified atom stereocenters. The first-order chi connectivity index (χ1) is 18.2. The average Bonchev–Trinajstić information content (AvgIpc) is 3.29. The second-order valence-corrected chi connectivity index (χ2v) is 9.87. The molecule has 4 rings (SSSR count). The number of pyridine rings is 1. The molecule has 0 bridgehead atoms. The molecule has 38 heavy (non-hydrogen) atoms. The van der Waals surface area contributed by atoms with E-state index in [2.05, 4.69) is 11.1 Å². The lowest BCUT2D eigenvalue weighted by Gasteiger charge is -2.34. The summed E-state index contributed by atoms with van der Waals surface area (Å²) in [6, 6.07) is 14.5. The lowest BCUT2D eigenvalue weighted by Crippen LogP contribution is -2.44. The molecule has 2 aromatic heterocycles. The van der Waals surface area contributed by atoms with Crippen LogP contribution in [0.25, 0.3) is 11.3 Å². The number of benzene rings is 1. The highest BCUT2D eigenvalue weighted by molar-refractivity contribution is 5.93. The van der Waals surface area contributed by atoms with Gasteiger partial charge in [0.2, 0.25) is 5.88 Å². The van der Waals surface area contributed by atoms with Crippen LogP contribution in [0, 0.1) is 11.3 Å². The third-order valence-electron chi connectivity index (χ3n) is 5.86. The number of esters is 1. The van der Waals surface area contributed by atoms with Crippen LogP contribution >= 0.6 is 0 Å². The zero-order valence-electron chi connectivity index (χ0n) is 22.0. The quantitative estimate of drug-likeness (QED) is 0.401. The second-order valence-electron chi connectivity index (χ2n) is 9.87. The first-order valence-corrected chi connectivity index (χ1v) is 12.6. The summed E-state index contributed by atoms with van der Waals surface area (Å²) < 4.78 is 18.1. The number of nitriles is 1. The first-order valence-electron chi connectivity index (χ1n) is 12.6. The van der Waals surface area contributed by atoms with Gasteiger partial charge < -0.3 is 19.1 Å². The van der Waals surface area contributed by atoms with Gasteiger partial charge in [-0.1, -0.05) is 18.2 Å². The number of rotatable bonds is 6. The van der Waals surface area contributed by atoms with Crippen molar-refractivity contribution in [3.63, 3.8) is 0 Å².